The highest BCUT2D eigenvalue weighted by molar-refractivity contribution is 5.80. The molecule has 0 amide bonds. The topological polar surface area (TPSA) is 73.9 Å². The molecule has 0 fully saturated rings. The molecule has 1 unspecified atom stereocenters. The molecule has 4 N–H and O–H groups in total. The summed E-state index contributed by atoms with van der Waals surface area (Å²) in [4.78, 5) is 2.16. The van der Waals surface area contributed by atoms with Crippen LogP contribution in [0, 0.1) is 0 Å². The first-order valence-corrected chi connectivity index (χ1v) is 5.44. The average molecular weight is 216 g/mol. The van der Waals surface area contributed by atoms with Crippen LogP contribution >= 0.6 is 0 Å². The van der Waals surface area contributed by atoms with Crippen LogP contribution in [0.25, 0.3) is 0 Å². The van der Waals surface area contributed by atoms with Crippen LogP contribution in [-0.4, -0.2) is 49.2 Å². The van der Waals surface area contributed by atoms with Crippen molar-refractivity contribution in [2.75, 3.05) is 27.2 Å². The summed E-state index contributed by atoms with van der Waals surface area (Å²) >= 11 is 0. The molecule has 0 aromatic rings. The van der Waals surface area contributed by atoms with Gasteiger partial charge < -0.3 is 21.2 Å². The lowest BCUT2D eigenvalue weighted by Gasteiger charge is -2.17. The Labute approximate surface area is 92.3 Å². The lowest BCUT2D eigenvalue weighted by Crippen LogP contribution is -2.34. The van der Waals surface area contributed by atoms with Gasteiger partial charge in [0, 0.05) is 12.5 Å². The van der Waals surface area contributed by atoms with Crippen molar-refractivity contribution < 1.29 is 5.21 Å². The van der Waals surface area contributed by atoms with Crippen molar-refractivity contribution in [3.63, 3.8) is 0 Å². The molecule has 0 aromatic carbocycles. The summed E-state index contributed by atoms with van der Waals surface area (Å²) in [7, 11) is 4.13. The minimum atomic E-state index is 0.293. The first-order valence-electron chi connectivity index (χ1n) is 5.44. The Balaban J connectivity index is 3.62. The van der Waals surface area contributed by atoms with E-state index in [2.05, 4.69) is 36.4 Å². The molecule has 15 heavy (non-hydrogen) atoms. The van der Waals surface area contributed by atoms with Gasteiger partial charge in [-0.1, -0.05) is 12.1 Å². The van der Waals surface area contributed by atoms with E-state index in [4.69, 9.17) is 10.9 Å². The molecule has 0 rings (SSSR count). The predicted molar refractivity (Wildman–Crippen MR) is 63.3 cm³/mol. The Morgan fingerprint density at radius 3 is 2.67 bits per heavy atom. The SMILES string of the molecule is CCC(CC(N)=NO)NCCCN(C)C. The Kier molecular flexibility index (Phi) is 8.04. The number of nitrogens with two attached hydrogens (primary N) is 1. The Hall–Kier alpha value is -0.810. The molecule has 0 aromatic heterocycles. The van der Waals surface area contributed by atoms with Crippen molar-refractivity contribution in [2.45, 2.75) is 32.2 Å². The molecule has 0 spiro atoms. The van der Waals surface area contributed by atoms with Crippen LogP contribution in [0.15, 0.2) is 5.16 Å². The summed E-state index contributed by atoms with van der Waals surface area (Å²) in [6.45, 7) is 4.14. The molecular formula is C10H24N4O. The van der Waals surface area contributed by atoms with E-state index in [1.54, 1.807) is 0 Å². The van der Waals surface area contributed by atoms with E-state index in [-0.39, 0.29) is 0 Å². The van der Waals surface area contributed by atoms with Crippen LogP contribution in [0.3, 0.4) is 0 Å². The Morgan fingerprint density at radius 2 is 2.20 bits per heavy atom. The molecule has 0 aliphatic rings. The van der Waals surface area contributed by atoms with E-state index in [9.17, 15) is 0 Å². The third-order valence-corrected chi connectivity index (χ3v) is 2.29. The van der Waals surface area contributed by atoms with E-state index < -0.39 is 0 Å². The summed E-state index contributed by atoms with van der Waals surface area (Å²) in [6.07, 6.45) is 2.70. The summed E-state index contributed by atoms with van der Waals surface area (Å²) in [6, 6.07) is 0.308. The quantitative estimate of drug-likeness (QED) is 0.181. The Bertz CT molecular complexity index is 182. The third kappa shape index (κ3) is 8.20. The standard InChI is InChI=1S/C10H24N4O/c1-4-9(8-10(11)13-15)12-6-5-7-14(2)3/h9,12,15H,4-8H2,1-3H3,(H2,11,13). The number of oxime groups is 1. The zero-order chi connectivity index (χ0) is 11.7. The highest BCUT2D eigenvalue weighted by Crippen LogP contribution is 1.97. The van der Waals surface area contributed by atoms with Crippen molar-refractivity contribution in [3.8, 4) is 0 Å². The largest absolute Gasteiger partial charge is 0.409 e. The summed E-state index contributed by atoms with van der Waals surface area (Å²) in [5.41, 5.74) is 5.45. The van der Waals surface area contributed by atoms with Crippen molar-refractivity contribution in [1.82, 2.24) is 10.2 Å². The van der Waals surface area contributed by atoms with Gasteiger partial charge in [-0.25, -0.2) is 0 Å². The van der Waals surface area contributed by atoms with Crippen LogP contribution in [0.2, 0.25) is 0 Å². The van der Waals surface area contributed by atoms with Gasteiger partial charge >= 0.3 is 0 Å². The minimum Gasteiger partial charge on any atom is -0.409 e. The van der Waals surface area contributed by atoms with Crippen LogP contribution in [-0.2, 0) is 0 Å². The van der Waals surface area contributed by atoms with Gasteiger partial charge in [-0.2, -0.15) is 0 Å². The molecular weight excluding hydrogens is 192 g/mol. The van der Waals surface area contributed by atoms with Gasteiger partial charge in [0.25, 0.3) is 0 Å². The van der Waals surface area contributed by atoms with Crippen LogP contribution in [0.5, 0.6) is 0 Å². The van der Waals surface area contributed by atoms with Crippen LogP contribution < -0.4 is 11.1 Å². The van der Waals surface area contributed by atoms with Crippen molar-refractivity contribution >= 4 is 5.84 Å². The maximum Gasteiger partial charge on any atom is 0.140 e. The zero-order valence-corrected chi connectivity index (χ0v) is 10.0. The molecule has 0 saturated heterocycles. The number of nitrogens with one attached hydrogen (secondary N) is 1. The second kappa shape index (κ2) is 8.49. The van der Waals surface area contributed by atoms with Gasteiger partial charge in [0.1, 0.15) is 5.84 Å². The number of hydrogen-bond donors (Lipinski definition) is 3. The van der Waals surface area contributed by atoms with E-state index >= 15 is 0 Å². The molecule has 0 heterocycles. The number of nitrogens with zero attached hydrogens (tertiary/aromatic N) is 2. The van der Waals surface area contributed by atoms with Gasteiger partial charge in [0.15, 0.2) is 0 Å². The van der Waals surface area contributed by atoms with Crippen molar-refractivity contribution in [2.24, 2.45) is 10.9 Å². The third-order valence-electron chi connectivity index (χ3n) is 2.29. The van der Waals surface area contributed by atoms with Crippen LogP contribution in [0.4, 0.5) is 0 Å². The van der Waals surface area contributed by atoms with E-state index in [0.29, 0.717) is 18.3 Å². The summed E-state index contributed by atoms with van der Waals surface area (Å²) in [5.74, 6) is 0.293. The van der Waals surface area contributed by atoms with Gasteiger partial charge in [-0.3, -0.25) is 0 Å². The molecule has 0 aliphatic carbocycles. The first-order chi connectivity index (χ1) is 7.10. The first kappa shape index (κ1) is 14.2. The van der Waals surface area contributed by atoms with Gasteiger partial charge in [-0.05, 0) is 40.0 Å². The number of rotatable bonds is 8. The summed E-state index contributed by atoms with van der Waals surface area (Å²) in [5, 5.41) is 14.8. The summed E-state index contributed by atoms with van der Waals surface area (Å²) < 4.78 is 0. The monoisotopic (exact) mass is 216 g/mol. The molecule has 0 radical (unpaired) electrons. The number of hydrogen-bond acceptors (Lipinski definition) is 4. The molecule has 0 bridgehead atoms. The van der Waals surface area contributed by atoms with E-state index in [1.807, 2.05) is 0 Å². The Morgan fingerprint density at radius 1 is 1.53 bits per heavy atom. The normalized spacial score (nSPS) is 14.5. The minimum absolute atomic E-state index is 0.293. The van der Waals surface area contributed by atoms with Gasteiger partial charge in [0.05, 0.1) is 0 Å². The molecule has 5 nitrogen and oxygen atoms in total. The van der Waals surface area contributed by atoms with Gasteiger partial charge in [-0.15, -0.1) is 0 Å². The van der Waals surface area contributed by atoms with E-state index in [1.165, 1.54) is 0 Å². The smallest absolute Gasteiger partial charge is 0.140 e. The fraction of sp³-hybridized carbons (Fsp3) is 0.900. The second-order valence-corrected chi connectivity index (χ2v) is 4.01. The fourth-order valence-electron chi connectivity index (χ4n) is 1.36. The predicted octanol–water partition coefficient (Wildman–Crippen LogP) is 0.443. The van der Waals surface area contributed by atoms with Crippen molar-refractivity contribution in [1.29, 1.82) is 0 Å². The number of amidine groups is 1. The van der Waals surface area contributed by atoms with Crippen molar-refractivity contribution in [3.05, 3.63) is 0 Å². The fourth-order valence-corrected chi connectivity index (χ4v) is 1.36. The molecule has 0 aliphatic heterocycles. The maximum absolute atomic E-state index is 8.45. The molecule has 0 saturated carbocycles. The lowest BCUT2D eigenvalue weighted by atomic mass is 10.1. The lowest BCUT2D eigenvalue weighted by molar-refractivity contribution is 0.315. The highest BCUT2D eigenvalue weighted by atomic mass is 16.4. The highest BCUT2D eigenvalue weighted by Gasteiger charge is 2.07. The zero-order valence-electron chi connectivity index (χ0n) is 10.0. The average Bonchev–Trinajstić information content (AvgIpc) is 2.21. The second-order valence-electron chi connectivity index (χ2n) is 4.01. The van der Waals surface area contributed by atoms with Crippen LogP contribution in [0.1, 0.15) is 26.2 Å². The maximum atomic E-state index is 8.45. The molecule has 1 atom stereocenters. The van der Waals surface area contributed by atoms with Gasteiger partial charge in [0.2, 0.25) is 0 Å². The molecule has 90 valence electrons. The molecule has 5 heteroatoms. The van der Waals surface area contributed by atoms with E-state index in [0.717, 1.165) is 25.9 Å².